The van der Waals surface area contributed by atoms with Gasteiger partial charge in [0.2, 0.25) is 0 Å². The second-order valence-electron chi connectivity index (χ2n) is 8.84. The van der Waals surface area contributed by atoms with Crippen LogP contribution < -0.4 is 10.6 Å². The molecule has 0 unspecified atom stereocenters. The molecule has 3 rings (SSSR count). The van der Waals surface area contributed by atoms with Crippen molar-refractivity contribution in [2.24, 2.45) is 0 Å². The molecule has 1 heterocycles. The van der Waals surface area contributed by atoms with Gasteiger partial charge in [-0.1, -0.05) is 26.8 Å². The second kappa shape index (κ2) is 9.13. The Morgan fingerprint density at radius 1 is 1.03 bits per heavy atom. The third kappa shape index (κ3) is 6.16. The van der Waals surface area contributed by atoms with E-state index in [4.69, 9.17) is 0 Å². The van der Waals surface area contributed by atoms with E-state index in [1.165, 1.54) is 24.3 Å². The van der Waals surface area contributed by atoms with Gasteiger partial charge in [-0.2, -0.15) is 18.3 Å². The quantitative estimate of drug-likeness (QED) is 0.527. The summed E-state index contributed by atoms with van der Waals surface area (Å²) in [5, 5.41) is 9.52. The fraction of sp³-hybridized carbons (Fsp3) is 0.304. The van der Waals surface area contributed by atoms with Crippen LogP contribution in [0.2, 0.25) is 0 Å². The molecule has 2 amide bonds. The summed E-state index contributed by atoms with van der Waals surface area (Å²) in [6.45, 7) is 6.00. The molecule has 0 radical (unpaired) electrons. The summed E-state index contributed by atoms with van der Waals surface area (Å²) in [5.41, 5.74) is 0.837. The predicted octanol–water partition coefficient (Wildman–Crippen LogP) is 4.91. The van der Waals surface area contributed by atoms with Crippen molar-refractivity contribution in [1.29, 1.82) is 0 Å². The molecule has 1 aromatic heterocycles. The lowest BCUT2D eigenvalue weighted by Gasteiger charge is -2.20. The van der Waals surface area contributed by atoms with Gasteiger partial charge in [0.25, 0.3) is 0 Å². The van der Waals surface area contributed by atoms with Gasteiger partial charge in [-0.3, -0.25) is 0 Å². The highest BCUT2D eigenvalue weighted by atomic mass is 32.2. The van der Waals surface area contributed by atoms with E-state index in [1.807, 2.05) is 26.8 Å². The van der Waals surface area contributed by atoms with Crippen molar-refractivity contribution in [1.82, 2.24) is 15.1 Å². The highest BCUT2D eigenvalue weighted by Gasteiger charge is 2.30. The number of carbonyl (C=O) groups is 1. The largest absolute Gasteiger partial charge is 0.416 e. The number of nitrogens with zero attached hydrogens (tertiary/aromatic N) is 2. The Morgan fingerprint density at radius 2 is 1.68 bits per heavy atom. The molecule has 2 N–H and O–H groups in total. The summed E-state index contributed by atoms with van der Waals surface area (Å²) < 4.78 is 63.7. The zero-order valence-electron chi connectivity index (χ0n) is 19.1. The van der Waals surface area contributed by atoms with Crippen LogP contribution in [0.15, 0.2) is 59.5 Å². The Kier molecular flexibility index (Phi) is 6.79. The van der Waals surface area contributed by atoms with Crippen molar-refractivity contribution in [2.45, 2.75) is 43.8 Å². The number of halogens is 3. The van der Waals surface area contributed by atoms with E-state index in [1.54, 1.807) is 16.8 Å². The first-order valence-electron chi connectivity index (χ1n) is 10.3. The van der Waals surface area contributed by atoms with Crippen molar-refractivity contribution < 1.29 is 26.4 Å². The maximum Gasteiger partial charge on any atom is 0.416 e. The van der Waals surface area contributed by atoms with Crippen LogP contribution in [0.1, 0.15) is 37.7 Å². The smallest absolute Gasteiger partial charge is 0.332 e. The lowest BCUT2D eigenvalue weighted by Crippen LogP contribution is -2.28. The molecular weight excluding hydrogens is 469 g/mol. The molecule has 0 spiro atoms. The predicted molar refractivity (Wildman–Crippen MR) is 123 cm³/mol. The molecule has 182 valence electrons. The summed E-state index contributed by atoms with van der Waals surface area (Å²) in [5.74, 6) is 0. The van der Waals surface area contributed by atoms with Gasteiger partial charge in [-0.15, -0.1) is 0 Å². The van der Waals surface area contributed by atoms with Crippen LogP contribution in [-0.2, 0) is 28.0 Å². The van der Waals surface area contributed by atoms with Crippen molar-refractivity contribution in [3.8, 4) is 5.69 Å². The number of benzene rings is 2. The third-order valence-corrected chi connectivity index (χ3v) is 6.04. The minimum Gasteiger partial charge on any atom is -0.332 e. The van der Waals surface area contributed by atoms with E-state index < -0.39 is 27.6 Å². The van der Waals surface area contributed by atoms with Crippen LogP contribution in [0.3, 0.4) is 0 Å². The Morgan fingerprint density at radius 3 is 2.24 bits per heavy atom. The minimum absolute atomic E-state index is 0.0131. The van der Waals surface area contributed by atoms with Crippen LogP contribution in [0, 0.1) is 0 Å². The molecule has 0 atom stereocenters. The van der Waals surface area contributed by atoms with Crippen LogP contribution in [0.5, 0.6) is 0 Å². The van der Waals surface area contributed by atoms with Gasteiger partial charge < -0.3 is 10.6 Å². The summed E-state index contributed by atoms with van der Waals surface area (Å²) in [4.78, 5) is 12.4. The molecule has 11 heteroatoms. The number of urea groups is 1. The number of hydrogen-bond donors (Lipinski definition) is 2. The monoisotopic (exact) mass is 494 g/mol. The number of rotatable bonds is 5. The Balaban J connectivity index is 1.77. The van der Waals surface area contributed by atoms with E-state index in [0.717, 1.165) is 24.1 Å². The van der Waals surface area contributed by atoms with Gasteiger partial charge in [-0.25, -0.2) is 17.9 Å². The SMILES string of the molecule is CC(C)(C)c1cc(CNC(=O)Nc2cccc(C(F)(F)F)c2)nn1-c1ccc(S(C)(=O)=O)cc1. The lowest BCUT2D eigenvalue weighted by atomic mass is 9.91. The average molecular weight is 495 g/mol. The Bertz CT molecular complexity index is 1290. The highest BCUT2D eigenvalue weighted by molar-refractivity contribution is 7.90. The van der Waals surface area contributed by atoms with E-state index in [9.17, 15) is 26.4 Å². The van der Waals surface area contributed by atoms with E-state index in [0.29, 0.717) is 11.4 Å². The molecule has 0 aliphatic heterocycles. The van der Waals surface area contributed by atoms with Gasteiger partial charge in [-0.05, 0) is 48.5 Å². The standard InChI is InChI=1S/C23H25F3N4O3S/c1-22(2,3)20-13-17(29-30(20)18-8-10-19(11-9-18)34(4,32)33)14-27-21(31)28-16-7-5-6-15(12-16)23(24,25)26/h5-13H,14H2,1-4H3,(H2,27,28,31). The maximum absolute atomic E-state index is 12.9. The van der Waals surface area contributed by atoms with Crippen molar-refractivity contribution in [3.05, 3.63) is 71.5 Å². The van der Waals surface area contributed by atoms with E-state index in [2.05, 4.69) is 15.7 Å². The van der Waals surface area contributed by atoms with Gasteiger partial charge >= 0.3 is 12.2 Å². The third-order valence-electron chi connectivity index (χ3n) is 4.92. The number of alkyl halides is 3. The first kappa shape index (κ1) is 25.3. The van der Waals surface area contributed by atoms with E-state index in [-0.39, 0.29) is 22.5 Å². The minimum atomic E-state index is -4.51. The van der Waals surface area contributed by atoms with E-state index >= 15 is 0 Å². The topological polar surface area (TPSA) is 93.1 Å². The number of aromatic nitrogens is 2. The van der Waals surface area contributed by atoms with Gasteiger partial charge in [0, 0.05) is 23.1 Å². The van der Waals surface area contributed by atoms with Crippen LogP contribution in [-0.4, -0.2) is 30.5 Å². The van der Waals surface area contributed by atoms with Gasteiger partial charge in [0.1, 0.15) is 0 Å². The zero-order chi connectivity index (χ0) is 25.3. The number of carbonyl (C=O) groups excluding carboxylic acids is 1. The molecular formula is C23H25F3N4O3S. The van der Waals surface area contributed by atoms with Crippen LogP contribution >= 0.6 is 0 Å². The molecule has 0 saturated heterocycles. The number of sulfone groups is 1. The first-order chi connectivity index (χ1) is 15.6. The van der Waals surface area contributed by atoms with Gasteiger partial charge in [0.05, 0.1) is 28.4 Å². The highest BCUT2D eigenvalue weighted by Crippen LogP contribution is 2.30. The van der Waals surface area contributed by atoms with Crippen LogP contribution in [0.25, 0.3) is 5.69 Å². The number of amides is 2. The normalized spacial score (nSPS) is 12.4. The van der Waals surface area contributed by atoms with Crippen molar-refractivity contribution in [3.63, 3.8) is 0 Å². The lowest BCUT2D eigenvalue weighted by molar-refractivity contribution is -0.137. The fourth-order valence-corrected chi connectivity index (χ4v) is 3.83. The zero-order valence-corrected chi connectivity index (χ0v) is 19.9. The molecule has 0 aliphatic carbocycles. The Hall–Kier alpha value is -3.34. The number of hydrogen-bond acceptors (Lipinski definition) is 4. The summed E-state index contributed by atoms with van der Waals surface area (Å²) in [7, 11) is -3.34. The summed E-state index contributed by atoms with van der Waals surface area (Å²) >= 11 is 0. The maximum atomic E-state index is 12.9. The van der Waals surface area contributed by atoms with Crippen molar-refractivity contribution >= 4 is 21.6 Å². The molecule has 34 heavy (non-hydrogen) atoms. The summed E-state index contributed by atoms with van der Waals surface area (Å²) in [6, 6.07) is 11.8. The molecule has 0 bridgehead atoms. The molecule has 0 saturated carbocycles. The van der Waals surface area contributed by atoms with Crippen LogP contribution in [0.4, 0.5) is 23.7 Å². The Labute approximate surface area is 195 Å². The fourth-order valence-electron chi connectivity index (χ4n) is 3.20. The molecule has 0 fully saturated rings. The summed E-state index contributed by atoms with van der Waals surface area (Å²) in [6.07, 6.45) is -3.38. The molecule has 7 nitrogen and oxygen atoms in total. The second-order valence-corrected chi connectivity index (χ2v) is 10.9. The molecule has 0 aliphatic rings. The average Bonchev–Trinajstić information content (AvgIpc) is 3.16. The molecule has 3 aromatic rings. The van der Waals surface area contributed by atoms with Crippen molar-refractivity contribution in [2.75, 3.05) is 11.6 Å². The molecule has 2 aromatic carbocycles. The number of nitrogens with one attached hydrogen (secondary N) is 2. The van der Waals surface area contributed by atoms with Gasteiger partial charge in [0.15, 0.2) is 9.84 Å². The number of anilines is 1. The first-order valence-corrected chi connectivity index (χ1v) is 12.2.